The number of nitrogens with one attached hydrogen (secondary N) is 2. The van der Waals surface area contributed by atoms with Gasteiger partial charge in [0.2, 0.25) is 12.7 Å². The van der Waals surface area contributed by atoms with Gasteiger partial charge >= 0.3 is 6.03 Å². The molecule has 3 aromatic carbocycles. The summed E-state index contributed by atoms with van der Waals surface area (Å²) >= 11 is 0. The number of hydrogen-bond acceptors (Lipinski definition) is 8. The second kappa shape index (κ2) is 17.2. The van der Waals surface area contributed by atoms with Crippen LogP contribution in [0.5, 0.6) is 17.2 Å². The molecule has 0 bridgehead atoms. The van der Waals surface area contributed by atoms with Gasteiger partial charge in [-0.15, -0.1) is 0 Å². The number of amides is 4. The second-order valence-corrected chi connectivity index (χ2v) is 13.1. The summed E-state index contributed by atoms with van der Waals surface area (Å²) in [7, 11) is 1.70. The smallest absolute Gasteiger partial charge is 0.321 e. The summed E-state index contributed by atoms with van der Waals surface area (Å²) in [6.45, 7) is 6.58. The Morgan fingerprint density at radius 2 is 1.68 bits per heavy atom. The minimum absolute atomic E-state index is 0.141. The van der Waals surface area contributed by atoms with Crippen molar-refractivity contribution in [1.29, 1.82) is 0 Å². The van der Waals surface area contributed by atoms with Crippen LogP contribution in [0.3, 0.4) is 0 Å². The summed E-state index contributed by atoms with van der Waals surface area (Å²) in [5, 5.41) is 16.1. The maximum absolute atomic E-state index is 14.4. The normalized spacial score (nSPS) is 20.1. The molecule has 3 N–H and O–H groups in total. The molecule has 50 heavy (non-hydrogen) atoms. The molecular weight excluding hydrogens is 640 g/mol. The van der Waals surface area contributed by atoms with Crippen LogP contribution in [-0.2, 0) is 16.0 Å². The average Bonchev–Trinajstić information content (AvgIpc) is 3.58. The number of likely N-dealkylation sites (N-methyl/N-ethyl adjacent to an activating group) is 1. The Labute approximate surface area is 293 Å². The van der Waals surface area contributed by atoms with Crippen LogP contribution in [0.1, 0.15) is 56.0 Å². The SMILES string of the molecule is C[C@H]1CCCCO[C@@H](CN(C)C(=O)Nc2ccc3c(c2)OCO3)[C@@H](C)CN([C@@H](C)CO)C(=O)c2cc(NC(=O)Cc3ccccc3)ccc2O1. The molecule has 0 aromatic heterocycles. The number of ether oxygens (including phenoxy) is 4. The summed E-state index contributed by atoms with van der Waals surface area (Å²) in [4.78, 5) is 43.7. The number of anilines is 2. The quantitative estimate of drug-likeness (QED) is 0.280. The van der Waals surface area contributed by atoms with Crippen LogP contribution >= 0.6 is 0 Å². The van der Waals surface area contributed by atoms with Crippen LogP contribution in [0.15, 0.2) is 66.7 Å². The zero-order valence-electron chi connectivity index (χ0n) is 29.2. The summed E-state index contributed by atoms with van der Waals surface area (Å²) in [5.41, 5.74) is 2.21. The number of aliphatic hydroxyl groups is 1. The molecule has 12 heteroatoms. The van der Waals surface area contributed by atoms with Gasteiger partial charge in [0, 0.05) is 50.1 Å². The van der Waals surface area contributed by atoms with Crippen molar-refractivity contribution in [3.8, 4) is 17.2 Å². The number of benzene rings is 3. The van der Waals surface area contributed by atoms with Gasteiger partial charge in [-0.2, -0.15) is 0 Å². The van der Waals surface area contributed by atoms with E-state index in [4.69, 9.17) is 18.9 Å². The summed E-state index contributed by atoms with van der Waals surface area (Å²) in [5.74, 6) is 0.829. The Morgan fingerprint density at radius 1 is 0.960 bits per heavy atom. The predicted molar refractivity (Wildman–Crippen MR) is 190 cm³/mol. The van der Waals surface area contributed by atoms with Gasteiger partial charge in [-0.1, -0.05) is 37.3 Å². The molecule has 2 heterocycles. The first-order chi connectivity index (χ1) is 24.1. The molecule has 0 spiro atoms. The fourth-order valence-corrected chi connectivity index (χ4v) is 6.00. The lowest BCUT2D eigenvalue weighted by Crippen LogP contribution is -2.48. The zero-order chi connectivity index (χ0) is 35.6. The van der Waals surface area contributed by atoms with Gasteiger partial charge in [-0.05, 0) is 69.0 Å². The van der Waals surface area contributed by atoms with Gasteiger partial charge in [0.25, 0.3) is 5.91 Å². The van der Waals surface area contributed by atoms with Crippen molar-refractivity contribution < 1.29 is 38.4 Å². The molecule has 268 valence electrons. The third kappa shape index (κ3) is 9.66. The number of aliphatic hydroxyl groups excluding tert-OH is 1. The number of urea groups is 1. The van der Waals surface area contributed by atoms with Crippen molar-refractivity contribution in [2.45, 2.75) is 64.7 Å². The lowest BCUT2D eigenvalue weighted by Gasteiger charge is -2.35. The fraction of sp³-hybridized carbons (Fsp3) is 0.447. The highest BCUT2D eigenvalue weighted by Gasteiger charge is 2.31. The minimum Gasteiger partial charge on any atom is -0.490 e. The van der Waals surface area contributed by atoms with Gasteiger partial charge in [0.15, 0.2) is 11.5 Å². The van der Waals surface area contributed by atoms with E-state index in [1.165, 1.54) is 0 Å². The van der Waals surface area contributed by atoms with Crippen molar-refractivity contribution in [3.05, 3.63) is 77.9 Å². The molecule has 2 aliphatic rings. The molecule has 5 rings (SSSR count). The van der Waals surface area contributed by atoms with Crippen molar-refractivity contribution in [3.63, 3.8) is 0 Å². The van der Waals surface area contributed by atoms with Gasteiger partial charge in [0.05, 0.1) is 36.8 Å². The highest BCUT2D eigenvalue weighted by Crippen LogP contribution is 2.34. The van der Waals surface area contributed by atoms with Crippen LogP contribution < -0.4 is 24.8 Å². The zero-order valence-corrected chi connectivity index (χ0v) is 29.2. The number of nitrogens with zero attached hydrogens (tertiary/aromatic N) is 2. The molecule has 0 radical (unpaired) electrons. The first-order valence-corrected chi connectivity index (χ1v) is 17.2. The Bertz CT molecular complexity index is 1620. The van der Waals surface area contributed by atoms with Crippen LogP contribution in [0, 0.1) is 5.92 Å². The molecule has 4 atom stereocenters. The highest BCUT2D eigenvalue weighted by molar-refractivity contribution is 6.00. The van der Waals surface area contributed by atoms with Crippen LogP contribution in [0.25, 0.3) is 0 Å². The molecule has 0 aliphatic carbocycles. The molecule has 4 amide bonds. The molecule has 0 fully saturated rings. The van der Waals surface area contributed by atoms with Crippen molar-refractivity contribution in [2.75, 3.05) is 50.8 Å². The minimum atomic E-state index is -0.535. The summed E-state index contributed by atoms with van der Waals surface area (Å²) in [6.07, 6.45) is 1.96. The van der Waals surface area contributed by atoms with E-state index in [9.17, 15) is 19.5 Å². The number of rotatable bonds is 8. The third-order valence-corrected chi connectivity index (χ3v) is 8.97. The predicted octanol–water partition coefficient (Wildman–Crippen LogP) is 5.56. The van der Waals surface area contributed by atoms with Crippen molar-refractivity contribution >= 4 is 29.2 Å². The van der Waals surface area contributed by atoms with E-state index in [-0.39, 0.29) is 68.3 Å². The fourth-order valence-electron chi connectivity index (χ4n) is 6.00. The first kappa shape index (κ1) is 36.5. The number of carbonyl (C=O) groups excluding carboxylic acids is 3. The largest absolute Gasteiger partial charge is 0.490 e. The van der Waals surface area contributed by atoms with E-state index in [1.807, 2.05) is 44.2 Å². The lowest BCUT2D eigenvalue weighted by atomic mass is 10.0. The average molecular weight is 689 g/mol. The Morgan fingerprint density at radius 3 is 2.44 bits per heavy atom. The maximum Gasteiger partial charge on any atom is 0.321 e. The van der Waals surface area contributed by atoms with Gasteiger partial charge in [-0.3, -0.25) is 9.59 Å². The van der Waals surface area contributed by atoms with E-state index in [1.54, 1.807) is 60.2 Å². The third-order valence-electron chi connectivity index (χ3n) is 8.97. The summed E-state index contributed by atoms with van der Waals surface area (Å²) < 4.78 is 23.5. The van der Waals surface area contributed by atoms with E-state index in [0.29, 0.717) is 35.2 Å². The van der Waals surface area contributed by atoms with Crippen molar-refractivity contribution in [2.24, 2.45) is 5.92 Å². The highest BCUT2D eigenvalue weighted by atomic mass is 16.7. The Kier molecular flexibility index (Phi) is 12.6. The monoisotopic (exact) mass is 688 g/mol. The van der Waals surface area contributed by atoms with Crippen LogP contribution in [-0.4, -0.2) is 91.1 Å². The molecule has 12 nitrogen and oxygen atoms in total. The Balaban J connectivity index is 1.35. The van der Waals surface area contributed by atoms with Gasteiger partial charge < -0.3 is 44.5 Å². The summed E-state index contributed by atoms with van der Waals surface area (Å²) in [6, 6.07) is 18.9. The van der Waals surface area contributed by atoms with Gasteiger partial charge in [-0.25, -0.2) is 4.79 Å². The van der Waals surface area contributed by atoms with Crippen molar-refractivity contribution in [1.82, 2.24) is 9.80 Å². The van der Waals surface area contributed by atoms with E-state index in [2.05, 4.69) is 10.6 Å². The lowest BCUT2D eigenvalue weighted by molar-refractivity contribution is -0.115. The maximum atomic E-state index is 14.4. The second-order valence-electron chi connectivity index (χ2n) is 13.1. The first-order valence-electron chi connectivity index (χ1n) is 17.2. The van der Waals surface area contributed by atoms with E-state index in [0.717, 1.165) is 24.8 Å². The number of carbonyl (C=O) groups is 3. The molecular formula is C38H48N4O8. The molecule has 0 saturated carbocycles. The van der Waals surface area contributed by atoms with Crippen LogP contribution in [0.4, 0.5) is 16.2 Å². The van der Waals surface area contributed by atoms with E-state index >= 15 is 0 Å². The number of hydrogen-bond donors (Lipinski definition) is 3. The molecule has 3 aromatic rings. The molecule has 2 aliphatic heterocycles. The van der Waals surface area contributed by atoms with Gasteiger partial charge in [0.1, 0.15) is 5.75 Å². The molecule has 0 unspecified atom stereocenters. The topological polar surface area (TPSA) is 139 Å². The van der Waals surface area contributed by atoms with Crippen LogP contribution in [0.2, 0.25) is 0 Å². The Hall–Kier alpha value is -4.81. The standard InChI is InChI=1S/C38H48N4O8/c1-25-21-42(26(2)23-43)37(45)31-19-29(39-36(44)18-28-11-6-5-7-12-28)13-15-32(31)50-27(3)10-8-9-17-47-35(25)22-41(4)38(46)40-30-14-16-33-34(20-30)49-24-48-33/h5-7,11-16,19-20,25-27,35,43H,8-10,17-18,21-24H2,1-4H3,(H,39,44)(H,40,46)/t25-,26-,27-,35-/m0/s1. The molecule has 0 saturated heterocycles. The van der Waals surface area contributed by atoms with E-state index < -0.39 is 12.1 Å². The number of fused-ring (bicyclic) bond motifs is 2.